The third-order valence-corrected chi connectivity index (χ3v) is 1.06. The predicted octanol–water partition coefficient (Wildman–Crippen LogP) is 1.20. The summed E-state index contributed by atoms with van der Waals surface area (Å²) in [5.74, 6) is -0.435. The Labute approximate surface area is 72.9 Å². The van der Waals surface area contributed by atoms with Gasteiger partial charge in [0.1, 0.15) is 6.29 Å². The van der Waals surface area contributed by atoms with E-state index in [0.29, 0.717) is 5.57 Å². The SMILES string of the molecule is C=C(C)C(N)=O.CC=C(C)C=O. The van der Waals surface area contributed by atoms with E-state index in [1.807, 2.05) is 6.92 Å². The lowest BCUT2D eigenvalue weighted by atomic mass is 10.3. The summed E-state index contributed by atoms with van der Waals surface area (Å²) >= 11 is 0. The van der Waals surface area contributed by atoms with Crippen molar-refractivity contribution in [3.05, 3.63) is 23.8 Å². The van der Waals surface area contributed by atoms with E-state index in [1.54, 1.807) is 19.9 Å². The smallest absolute Gasteiger partial charge is 0.243 e. The van der Waals surface area contributed by atoms with E-state index in [-0.39, 0.29) is 0 Å². The van der Waals surface area contributed by atoms with Crippen LogP contribution in [0.2, 0.25) is 0 Å². The summed E-state index contributed by atoms with van der Waals surface area (Å²) in [4.78, 5) is 19.5. The minimum Gasteiger partial charge on any atom is -0.366 e. The summed E-state index contributed by atoms with van der Waals surface area (Å²) in [6.07, 6.45) is 2.60. The monoisotopic (exact) mass is 169 g/mol. The zero-order valence-electron chi connectivity index (χ0n) is 7.76. The molecule has 0 aromatic rings. The van der Waals surface area contributed by atoms with Crippen LogP contribution in [0.25, 0.3) is 0 Å². The molecule has 0 heterocycles. The molecule has 0 fully saturated rings. The lowest BCUT2D eigenvalue weighted by Gasteiger charge is -1.81. The van der Waals surface area contributed by atoms with Gasteiger partial charge in [-0.2, -0.15) is 0 Å². The minimum atomic E-state index is -0.435. The molecule has 1 amide bonds. The zero-order chi connectivity index (χ0) is 10.1. The Bertz CT molecular complexity index is 193. The number of allylic oxidation sites excluding steroid dienone is 2. The molecule has 12 heavy (non-hydrogen) atoms. The van der Waals surface area contributed by atoms with E-state index >= 15 is 0 Å². The van der Waals surface area contributed by atoms with E-state index in [4.69, 9.17) is 5.73 Å². The fourth-order valence-corrected chi connectivity index (χ4v) is 0.0680. The molecule has 2 N–H and O–H groups in total. The molecule has 0 rings (SSSR count). The van der Waals surface area contributed by atoms with Gasteiger partial charge in [0.2, 0.25) is 5.91 Å². The highest BCUT2D eigenvalue weighted by atomic mass is 16.1. The molecule has 0 bridgehead atoms. The minimum absolute atomic E-state index is 0.398. The van der Waals surface area contributed by atoms with Crippen molar-refractivity contribution in [2.75, 3.05) is 0 Å². The third-order valence-electron chi connectivity index (χ3n) is 1.06. The quantitative estimate of drug-likeness (QED) is 0.498. The van der Waals surface area contributed by atoms with Crippen LogP contribution in [0.5, 0.6) is 0 Å². The van der Waals surface area contributed by atoms with Crippen molar-refractivity contribution in [1.29, 1.82) is 0 Å². The van der Waals surface area contributed by atoms with Gasteiger partial charge < -0.3 is 5.73 Å². The molecule has 0 radical (unpaired) electrons. The molecule has 3 nitrogen and oxygen atoms in total. The number of hydrogen-bond donors (Lipinski definition) is 1. The molecule has 0 aromatic carbocycles. The predicted molar refractivity (Wildman–Crippen MR) is 49.5 cm³/mol. The van der Waals surface area contributed by atoms with Gasteiger partial charge in [-0.05, 0) is 26.3 Å². The molecular weight excluding hydrogens is 154 g/mol. The topological polar surface area (TPSA) is 60.2 Å². The summed E-state index contributed by atoms with van der Waals surface area (Å²) in [6, 6.07) is 0. The molecule has 0 spiro atoms. The van der Waals surface area contributed by atoms with E-state index in [2.05, 4.69) is 6.58 Å². The Morgan fingerprint density at radius 3 is 1.75 bits per heavy atom. The van der Waals surface area contributed by atoms with Gasteiger partial charge in [0.15, 0.2) is 0 Å². The van der Waals surface area contributed by atoms with Crippen molar-refractivity contribution < 1.29 is 9.59 Å². The number of aldehydes is 1. The van der Waals surface area contributed by atoms with Crippen molar-refractivity contribution in [2.45, 2.75) is 20.8 Å². The van der Waals surface area contributed by atoms with Gasteiger partial charge in [0.05, 0.1) is 0 Å². The van der Waals surface area contributed by atoms with E-state index in [1.165, 1.54) is 0 Å². The maximum absolute atomic E-state index is 9.82. The first kappa shape index (κ1) is 13.2. The van der Waals surface area contributed by atoms with Crippen molar-refractivity contribution in [1.82, 2.24) is 0 Å². The molecular formula is C9H15NO2. The van der Waals surface area contributed by atoms with Crippen LogP contribution >= 0.6 is 0 Å². The van der Waals surface area contributed by atoms with Crippen molar-refractivity contribution >= 4 is 12.2 Å². The fourth-order valence-electron chi connectivity index (χ4n) is 0.0680. The molecule has 0 aliphatic heterocycles. The molecule has 3 heteroatoms. The first-order valence-corrected chi connectivity index (χ1v) is 3.49. The molecule has 0 atom stereocenters. The number of carbonyl (C=O) groups is 2. The van der Waals surface area contributed by atoms with Gasteiger partial charge in [-0.25, -0.2) is 0 Å². The molecule has 0 saturated carbocycles. The summed E-state index contributed by atoms with van der Waals surface area (Å²) < 4.78 is 0. The highest BCUT2D eigenvalue weighted by Gasteiger charge is 1.86. The number of amides is 1. The average Bonchev–Trinajstić information content (AvgIpc) is 2.04. The van der Waals surface area contributed by atoms with Crippen LogP contribution in [0, 0.1) is 0 Å². The number of rotatable bonds is 2. The largest absolute Gasteiger partial charge is 0.366 e. The second-order valence-electron chi connectivity index (χ2n) is 2.30. The summed E-state index contributed by atoms with van der Waals surface area (Å²) in [5.41, 5.74) is 5.88. The first-order valence-electron chi connectivity index (χ1n) is 3.49. The van der Waals surface area contributed by atoms with Crippen LogP contribution in [0.4, 0.5) is 0 Å². The second-order valence-corrected chi connectivity index (χ2v) is 2.30. The number of carbonyl (C=O) groups excluding carboxylic acids is 2. The van der Waals surface area contributed by atoms with Crippen LogP contribution in [-0.2, 0) is 9.59 Å². The Morgan fingerprint density at radius 1 is 1.42 bits per heavy atom. The summed E-state index contributed by atoms with van der Waals surface area (Å²) in [6.45, 7) is 8.46. The highest BCUT2D eigenvalue weighted by Crippen LogP contribution is 1.80. The van der Waals surface area contributed by atoms with E-state index in [9.17, 15) is 9.59 Å². The molecule has 0 aliphatic carbocycles. The third kappa shape index (κ3) is 11.4. The van der Waals surface area contributed by atoms with Gasteiger partial charge in [0, 0.05) is 5.57 Å². The summed E-state index contributed by atoms with van der Waals surface area (Å²) in [7, 11) is 0. The van der Waals surface area contributed by atoms with Crippen molar-refractivity contribution in [3.63, 3.8) is 0 Å². The van der Waals surface area contributed by atoms with Gasteiger partial charge in [0.25, 0.3) is 0 Å². The fraction of sp³-hybridized carbons (Fsp3) is 0.333. The van der Waals surface area contributed by atoms with Crippen molar-refractivity contribution in [3.8, 4) is 0 Å². The van der Waals surface area contributed by atoms with Crippen LogP contribution in [0.3, 0.4) is 0 Å². The highest BCUT2D eigenvalue weighted by molar-refractivity contribution is 5.90. The Hall–Kier alpha value is -1.38. The lowest BCUT2D eigenvalue weighted by molar-refractivity contribution is -0.114. The Kier molecular flexibility index (Phi) is 8.51. The Morgan fingerprint density at radius 2 is 1.75 bits per heavy atom. The number of hydrogen-bond acceptors (Lipinski definition) is 2. The molecule has 0 aromatic heterocycles. The zero-order valence-corrected chi connectivity index (χ0v) is 7.76. The van der Waals surface area contributed by atoms with Crippen LogP contribution < -0.4 is 5.73 Å². The lowest BCUT2D eigenvalue weighted by Crippen LogP contribution is -2.10. The van der Waals surface area contributed by atoms with Gasteiger partial charge in [-0.15, -0.1) is 0 Å². The van der Waals surface area contributed by atoms with E-state index < -0.39 is 5.91 Å². The Balaban J connectivity index is 0. The maximum atomic E-state index is 9.82. The van der Waals surface area contributed by atoms with Crippen LogP contribution in [0.15, 0.2) is 23.8 Å². The normalized spacial score (nSPS) is 9.42. The molecule has 0 unspecified atom stereocenters. The molecule has 0 aliphatic rings. The van der Waals surface area contributed by atoms with Gasteiger partial charge >= 0.3 is 0 Å². The van der Waals surface area contributed by atoms with E-state index in [0.717, 1.165) is 11.9 Å². The summed E-state index contributed by atoms with van der Waals surface area (Å²) in [5, 5.41) is 0. The maximum Gasteiger partial charge on any atom is 0.243 e. The second kappa shape index (κ2) is 7.72. The first-order chi connectivity index (χ1) is 5.45. The van der Waals surface area contributed by atoms with Crippen LogP contribution in [0.1, 0.15) is 20.8 Å². The number of nitrogens with two attached hydrogens (primary N) is 1. The molecule has 68 valence electrons. The standard InChI is InChI=1S/C5H8O.C4H7NO/c1-3-5(2)4-6;1-3(2)4(5)6/h3-4H,1-2H3;1H2,2H3,(H2,5,6). The van der Waals surface area contributed by atoms with Gasteiger partial charge in [-0.3, -0.25) is 9.59 Å². The van der Waals surface area contributed by atoms with Gasteiger partial charge in [-0.1, -0.05) is 12.7 Å². The average molecular weight is 169 g/mol. The van der Waals surface area contributed by atoms with Crippen molar-refractivity contribution in [2.24, 2.45) is 5.73 Å². The van der Waals surface area contributed by atoms with Crippen LogP contribution in [-0.4, -0.2) is 12.2 Å². The number of primary amides is 1. The molecule has 0 saturated heterocycles.